The van der Waals surface area contributed by atoms with Crippen molar-refractivity contribution in [1.29, 1.82) is 0 Å². The zero-order valence-electron chi connectivity index (χ0n) is 22.3. The molecule has 0 nitrogen and oxygen atoms in total. The molecule has 7 aromatic carbocycles. The predicted octanol–water partition coefficient (Wildman–Crippen LogP) is 11.4. The van der Waals surface area contributed by atoms with E-state index in [1.54, 1.807) is 0 Å². The highest BCUT2D eigenvalue weighted by atomic mass is 14.2. The van der Waals surface area contributed by atoms with E-state index in [0.717, 1.165) is 11.1 Å². The Bertz CT molecular complexity index is 2070. The highest BCUT2D eigenvalue weighted by molar-refractivity contribution is 6.17. The van der Waals surface area contributed by atoms with Crippen LogP contribution < -0.4 is 0 Å². The van der Waals surface area contributed by atoms with E-state index >= 15 is 0 Å². The van der Waals surface area contributed by atoms with E-state index in [9.17, 15) is 0 Å². The summed E-state index contributed by atoms with van der Waals surface area (Å²) in [6.45, 7) is 8.67. The summed E-state index contributed by atoms with van der Waals surface area (Å²) in [7, 11) is 0. The van der Waals surface area contributed by atoms with Crippen molar-refractivity contribution >= 4 is 44.5 Å². The minimum absolute atomic E-state index is 1.10. The van der Waals surface area contributed by atoms with Crippen LogP contribution in [0.1, 0.15) is 11.1 Å². The maximum absolute atomic E-state index is 4.34. The Kier molecular flexibility index (Phi) is 5.87. The molecule has 7 aromatic rings. The molecule has 40 heavy (non-hydrogen) atoms. The highest BCUT2D eigenvalue weighted by Gasteiger charge is 2.21. The first-order valence-electron chi connectivity index (χ1n) is 13.7. The predicted molar refractivity (Wildman–Crippen MR) is 175 cm³/mol. The lowest BCUT2D eigenvalue weighted by Crippen LogP contribution is -1.97. The molecule has 0 aliphatic carbocycles. The van der Waals surface area contributed by atoms with Gasteiger partial charge in [0.1, 0.15) is 0 Å². The minimum Gasteiger partial charge on any atom is -0.0984 e. The Morgan fingerprint density at radius 2 is 0.875 bits per heavy atom. The Balaban J connectivity index is 1.69. The summed E-state index contributed by atoms with van der Waals surface area (Å²) >= 11 is 0. The molecule has 0 heteroatoms. The fraction of sp³-hybridized carbons (Fsp3) is 0. The monoisotopic (exact) mass is 508 g/mol. The molecule has 0 aliphatic heterocycles. The Labute approximate surface area is 235 Å². The third kappa shape index (κ3) is 3.77. The van der Waals surface area contributed by atoms with Gasteiger partial charge in [0.05, 0.1) is 0 Å². The van der Waals surface area contributed by atoms with E-state index in [4.69, 9.17) is 0 Å². The normalized spacial score (nSPS) is 11.2. The van der Waals surface area contributed by atoms with Gasteiger partial charge in [-0.05, 0) is 82.9 Å². The summed E-state index contributed by atoms with van der Waals surface area (Å²) in [5.74, 6) is 0. The Morgan fingerprint density at radius 3 is 1.45 bits per heavy atom. The molecule has 0 radical (unpaired) electrons. The molecule has 0 unspecified atom stereocenters. The second-order valence-electron chi connectivity index (χ2n) is 10.2. The zero-order valence-corrected chi connectivity index (χ0v) is 22.3. The number of fused-ring (bicyclic) bond motifs is 3. The van der Waals surface area contributed by atoms with E-state index in [2.05, 4.69) is 147 Å². The molecular formula is C40H28. The lowest BCUT2D eigenvalue weighted by atomic mass is 9.81. The molecule has 0 atom stereocenters. The Morgan fingerprint density at radius 1 is 0.375 bits per heavy atom. The first-order valence-corrected chi connectivity index (χ1v) is 13.7. The second kappa shape index (κ2) is 9.84. The average molecular weight is 509 g/mol. The van der Waals surface area contributed by atoms with Crippen LogP contribution in [0.3, 0.4) is 0 Å². The van der Waals surface area contributed by atoms with Crippen LogP contribution in [0.5, 0.6) is 0 Å². The molecule has 7 rings (SSSR count). The van der Waals surface area contributed by atoms with Crippen molar-refractivity contribution in [2.45, 2.75) is 0 Å². The molecule has 0 fully saturated rings. The van der Waals surface area contributed by atoms with E-state index in [1.807, 2.05) is 12.2 Å². The molecular weight excluding hydrogens is 480 g/mol. The van der Waals surface area contributed by atoms with Crippen LogP contribution in [0.15, 0.2) is 147 Å². The van der Waals surface area contributed by atoms with Crippen LogP contribution >= 0.6 is 0 Å². The Hall–Kier alpha value is -5.20. The fourth-order valence-electron chi connectivity index (χ4n) is 6.23. The van der Waals surface area contributed by atoms with Crippen molar-refractivity contribution in [3.63, 3.8) is 0 Å². The van der Waals surface area contributed by atoms with E-state index in [0.29, 0.717) is 0 Å². The molecule has 188 valence electrons. The first kappa shape index (κ1) is 23.9. The van der Waals surface area contributed by atoms with Gasteiger partial charge in [0, 0.05) is 0 Å². The lowest BCUT2D eigenvalue weighted by Gasteiger charge is -2.22. The van der Waals surface area contributed by atoms with Gasteiger partial charge in [0.2, 0.25) is 0 Å². The van der Waals surface area contributed by atoms with Gasteiger partial charge in [-0.3, -0.25) is 0 Å². The topological polar surface area (TPSA) is 0 Å². The van der Waals surface area contributed by atoms with Gasteiger partial charge in [0.15, 0.2) is 0 Å². The van der Waals surface area contributed by atoms with Crippen LogP contribution in [0, 0.1) is 0 Å². The van der Waals surface area contributed by atoms with Gasteiger partial charge in [-0.2, -0.15) is 0 Å². The smallest absolute Gasteiger partial charge is 0.00201 e. The average Bonchev–Trinajstić information content (AvgIpc) is 3.03. The number of benzene rings is 7. The molecule has 0 heterocycles. The van der Waals surface area contributed by atoms with Crippen molar-refractivity contribution in [2.75, 3.05) is 0 Å². The molecule has 0 aliphatic rings. The van der Waals surface area contributed by atoms with Gasteiger partial charge in [-0.1, -0.05) is 153 Å². The number of hydrogen-bond donors (Lipinski definition) is 0. The van der Waals surface area contributed by atoms with Crippen molar-refractivity contribution in [1.82, 2.24) is 0 Å². The molecule has 0 aromatic heterocycles. The molecule has 0 N–H and O–H groups in total. The molecule has 0 saturated carbocycles. The third-order valence-corrected chi connectivity index (χ3v) is 8.02. The quantitative estimate of drug-likeness (QED) is 0.217. The van der Waals surface area contributed by atoms with Gasteiger partial charge >= 0.3 is 0 Å². The maximum atomic E-state index is 4.34. The van der Waals surface area contributed by atoms with Crippen LogP contribution in [-0.2, 0) is 0 Å². The summed E-state index contributed by atoms with van der Waals surface area (Å²) < 4.78 is 0. The molecule has 0 bridgehead atoms. The van der Waals surface area contributed by atoms with Crippen LogP contribution in [0.25, 0.3) is 77.9 Å². The number of hydrogen-bond acceptors (Lipinski definition) is 0. The van der Waals surface area contributed by atoms with Crippen molar-refractivity contribution < 1.29 is 0 Å². The van der Waals surface area contributed by atoms with E-state index < -0.39 is 0 Å². The first-order chi connectivity index (χ1) is 19.8. The van der Waals surface area contributed by atoms with Crippen LogP contribution in [0.2, 0.25) is 0 Å². The molecule has 0 amide bonds. The summed E-state index contributed by atoms with van der Waals surface area (Å²) in [6.07, 6.45) is 4.02. The summed E-state index contributed by atoms with van der Waals surface area (Å²) in [6, 6.07) is 47.9. The second-order valence-corrected chi connectivity index (χ2v) is 10.2. The molecule has 0 saturated heterocycles. The van der Waals surface area contributed by atoms with Gasteiger partial charge in [0.25, 0.3) is 0 Å². The molecule has 0 spiro atoms. The lowest BCUT2D eigenvalue weighted by molar-refractivity contribution is 1.60. The zero-order chi connectivity index (χ0) is 27.1. The number of rotatable bonds is 5. The summed E-state index contributed by atoms with van der Waals surface area (Å²) in [5, 5.41) is 7.32. The standard InChI is InChI=1S/C40H28/c1-3-31-32(4-2)40(36-23-13-19-29-17-9-11-21-34(29)36)38-26-30(27-14-6-5-7-15-27)24-25-37(38)39(31)35-22-12-18-28-16-8-10-20-33(28)35/h3-26H,1-2H2. The van der Waals surface area contributed by atoms with Gasteiger partial charge in [-0.15, -0.1) is 0 Å². The van der Waals surface area contributed by atoms with Crippen molar-refractivity contribution in [3.05, 3.63) is 158 Å². The van der Waals surface area contributed by atoms with Gasteiger partial charge in [-0.25, -0.2) is 0 Å². The van der Waals surface area contributed by atoms with E-state index in [-0.39, 0.29) is 0 Å². The SMILES string of the molecule is C=Cc1c(C=C)c(-c2cccc3ccccc23)c2cc(-c3ccccc3)ccc2c1-c1cccc2ccccc12. The third-order valence-electron chi connectivity index (χ3n) is 8.02. The fourth-order valence-corrected chi connectivity index (χ4v) is 6.23. The van der Waals surface area contributed by atoms with Crippen LogP contribution in [-0.4, -0.2) is 0 Å². The summed E-state index contributed by atoms with van der Waals surface area (Å²) in [4.78, 5) is 0. The minimum atomic E-state index is 1.10. The summed E-state index contributed by atoms with van der Waals surface area (Å²) in [5.41, 5.74) is 9.40. The van der Waals surface area contributed by atoms with Crippen LogP contribution in [0.4, 0.5) is 0 Å². The van der Waals surface area contributed by atoms with Crippen molar-refractivity contribution in [2.24, 2.45) is 0 Å². The van der Waals surface area contributed by atoms with Gasteiger partial charge < -0.3 is 0 Å². The highest BCUT2D eigenvalue weighted by Crippen LogP contribution is 2.47. The van der Waals surface area contributed by atoms with Crippen molar-refractivity contribution in [3.8, 4) is 33.4 Å². The van der Waals surface area contributed by atoms with E-state index in [1.165, 1.54) is 65.7 Å². The largest absolute Gasteiger partial charge is 0.0984 e. The maximum Gasteiger partial charge on any atom is -0.00201 e.